The molecule has 0 radical (unpaired) electrons. The Bertz CT molecular complexity index is 467. The van der Waals surface area contributed by atoms with Gasteiger partial charge in [0.15, 0.2) is 0 Å². The average Bonchev–Trinajstić information content (AvgIpc) is 2.21. The lowest BCUT2D eigenvalue weighted by Crippen LogP contribution is -2.53. The number of nitrogens with two attached hydrogens (primary N) is 1. The number of carbonyl (C=O) groups excluding carboxylic acids is 1. The molecule has 0 atom stereocenters. The quantitative estimate of drug-likeness (QED) is 0.888. The van der Waals surface area contributed by atoms with Crippen molar-refractivity contribution in [2.24, 2.45) is 11.1 Å². The van der Waals surface area contributed by atoms with Gasteiger partial charge in [0.1, 0.15) is 5.82 Å². The second kappa shape index (κ2) is 4.86. The molecule has 0 spiro atoms. The van der Waals surface area contributed by atoms with Gasteiger partial charge in [-0.05, 0) is 45.9 Å². The highest BCUT2D eigenvalue weighted by molar-refractivity contribution is 6.30. The summed E-state index contributed by atoms with van der Waals surface area (Å²) in [5.74, 6) is -0.837. The topological polar surface area (TPSA) is 55.1 Å². The lowest BCUT2D eigenvalue weighted by molar-refractivity contribution is -0.126. The van der Waals surface area contributed by atoms with Crippen molar-refractivity contribution in [2.45, 2.75) is 33.2 Å². The van der Waals surface area contributed by atoms with Gasteiger partial charge in [-0.25, -0.2) is 4.39 Å². The molecule has 0 aliphatic carbocycles. The van der Waals surface area contributed by atoms with E-state index in [2.05, 4.69) is 5.32 Å². The second-order valence-corrected chi connectivity index (χ2v) is 5.84. The molecule has 1 amide bonds. The highest BCUT2D eigenvalue weighted by Crippen LogP contribution is 2.30. The van der Waals surface area contributed by atoms with Crippen LogP contribution in [0.15, 0.2) is 18.2 Å². The predicted molar refractivity (Wildman–Crippen MR) is 72.1 cm³/mol. The molecule has 100 valence electrons. The van der Waals surface area contributed by atoms with Gasteiger partial charge in [0.25, 0.3) is 0 Å². The summed E-state index contributed by atoms with van der Waals surface area (Å²) in [6.45, 7) is 7.03. The van der Waals surface area contributed by atoms with Crippen molar-refractivity contribution in [1.29, 1.82) is 0 Å². The molecule has 1 aromatic carbocycles. The van der Waals surface area contributed by atoms with Crippen LogP contribution in [0.5, 0.6) is 0 Å². The predicted octanol–water partition coefficient (Wildman–Crippen LogP) is 3.18. The van der Waals surface area contributed by atoms with Crippen LogP contribution in [0.1, 0.15) is 27.7 Å². The summed E-state index contributed by atoms with van der Waals surface area (Å²) in [6.07, 6.45) is 0. The van der Waals surface area contributed by atoms with E-state index in [1.54, 1.807) is 33.8 Å². The number of benzene rings is 1. The Morgan fingerprint density at radius 2 is 1.89 bits per heavy atom. The first-order valence-electron chi connectivity index (χ1n) is 5.61. The molecule has 0 aliphatic heterocycles. The van der Waals surface area contributed by atoms with Crippen LogP contribution in [0.3, 0.4) is 0 Å². The molecule has 0 bridgehead atoms. The van der Waals surface area contributed by atoms with Crippen LogP contribution in [0.4, 0.5) is 10.1 Å². The number of hydrogen-bond donors (Lipinski definition) is 2. The third-order valence-corrected chi connectivity index (χ3v) is 3.66. The van der Waals surface area contributed by atoms with E-state index in [0.29, 0.717) is 5.69 Å². The number of amides is 1. The fourth-order valence-electron chi connectivity index (χ4n) is 1.15. The fourth-order valence-corrected chi connectivity index (χ4v) is 1.27. The maximum Gasteiger partial charge on any atom is 0.231 e. The number of carbonyl (C=O) groups is 1. The molecule has 0 aromatic heterocycles. The van der Waals surface area contributed by atoms with Gasteiger partial charge in [0.2, 0.25) is 5.91 Å². The van der Waals surface area contributed by atoms with Gasteiger partial charge >= 0.3 is 0 Å². The van der Waals surface area contributed by atoms with Crippen LogP contribution in [-0.2, 0) is 4.79 Å². The largest absolute Gasteiger partial charge is 0.325 e. The van der Waals surface area contributed by atoms with E-state index in [9.17, 15) is 9.18 Å². The first-order valence-corrected chi connectivity index (χ1v) is 5.99. The van der Waals surface area contributed by atoms with Gasteiger partial charge in [0, 0.05) is 11.2 Å². The molecule has 18 heavy (non-hydrogen) atoms. The Hall–Kier alpha value is -1.13. The SMILES string of the molecule is CC(C)(N)C(C)(C)C(=O)Nc1ccc(Cl)c(F)c1. The monoisotopic (exact) mass is 272 g/mol. The highest BCUT2D eigenvalue weighted by Gasteiger charge is 2.40. The molecular weight excluding hydrogens is 255 g/mol. The Labute approximate surface area is 112 Å². The molecule has 0 aliphatic rings. The van der Waals surface area contributed by atoms with Crippen LogP contribution >= 0.6 is 11.6 Å². The Kier molecular flexibility index (Phi) is 4.03. The van der Waals surface area contributed by atoms with Gasteiger partial charge in [-0.2, -0.15) is 0 Å². The minimum atomic E-state index is -0.789. The van der Waals surface area contributed by atoms with E-state index in [1.165, 1.54) is 12.1 Å². The Balaban J connectivity index is 2.91. The highest BCUT2D eigenvalue weighted by atomic mass is 35.5. The van der Waals surface area contributed by atoms with E-state index in [4.69, 9.17) is 17.3 Å². The number of halogens is 2. The Morgan fingerprint density at radius 1 is 1.33 bits per heavy atom. The van der Waals surface area contributed by atoms with Crippen molar-refractivity contribution >= 4 is 23.2 Å². The molecule has 5 heteroatoms. The first kappa shape index (κ1) is 14.9. The van der Waals surface area contributed by atoms with Crippen molar-refractivity contribution in [3.8, 4) is 0 Å². The molecule has 0 saturated heterocycles. The average molecular weight is 273 g/mol. The minimum absolute atomic E-state index is 0.0198. The maximum atomic E-state index is 13.3. The van der Waals surface area contributed by atoms with E-state index < -0.39 is 16.8 Å². The zero-order chi connectivity index (χ0) is 14.1. The summed E-state index contributed by atoms with van der Waals surface area (Å²) < 4.78 is 13.3. The Morgan fingerprint density at radius 3 is 2.33 bits per heavy atom. The zero-order valence-electron chi connectivity index (χ0n) is 11.0. The van der Waals surface area contributed by atoms with E-state index >= 15 is 0 Å². The lowest BCUT2D eigenvalue weighted by atomic mass is 9.74. The number of anilines is 1. The van der Waals surface area contributed by atoms with Gasteiger partial charge in [0.05, 0.1) is 10.4 Å². The van der Waals surface area contributed by atoms with Crippen molar-refractivity contribution < 1.29 is 9.18 Å². The number of hydrogen-bond acceptors (Lipinski definition) is 2. The summed E-state index contributed by atoms with van der Waals surface area (Å²) in [5.41, 5.74) is 4.85. The van der Waals surface area contributed by atoms with Gasteiger partial charge in [-0.3, -0.25) is 4.79 Å². The molecule has 0 heterocycles. The smallest absolute Gasteiger partial charge is 0.231 e. The summed E-state index contributed by atoms with van der Waals surface area (Å²) >= 11 is 5.57. The molecule has 0 unspecified atom stereocenters. The van der Waals surface area contributed by atoms with Crippen LogP contribution in [0.25, 0.3) is 0 Å². The van der Waals surface area contributed by atoms with Crippen LogP contribution in [-0.4, -0.2) is 11.4 Å². The standard InChI is InChI=1S/C13H18ClFN2O/c1-12(2,13(3,4)16)11(18)17-8-5-6-9(14)10(15)7-8/h5-7H,16H2,1-4H3,(H,17,18). The van der Waals surface area contributed by atoms with E-state index in [-0.39, 0.29) is 10.9 Å². The summed E-state index contributed by atoms with van der Waals surface area (Å²) in [6, 6.07) is 4.12. The van der Waals surface area contributed by atoms with Crippen molar-refractivity contribution in [2.75, 3.05) is 5.32 Å². The van der Waals surface area contributed by atoms with Crippen LogP contribution < -0.4 is 11.1 Å². The molecule has 0 saturated carbocycles. The maximum absolute atomic E-state index is 13.3. The van der Waals surface area contributed by atoms with Crippen LogP contribution in [0, 0.1) is 11.2 Å². The normalized spacial score (nSPS) is 12.4. The minimum Gasteiger partial charge on any atom is -0.325 e. The van der Waals surface area contributed by atoms with Crippen molar-refractivity contribution in [3.63, 3.8) is 0 Å². The second-order valence-electron chi connectivity index (χ2n) is 5.43. The molecular formula is C13H18ClFN2O. The van der Waals surface area contributed by atoms with E-state index in [0.717, 1.165) is 0 Å². The molecule has 0 fully saturated rings. The first-order chi connectivity index (χ1) is 8.05. The van der Waals surface area contributed by atoms with Crippen molar-refractivity contribution in [1.82, 2.24) is 0 Å². The fraction of sp³-hybridized carbons (Fsp3) is 0.462. The zero-order valence-corrected chi connectivity index (χ0v) is 11.7. The molecule has 1 aromatic rings. The molecule has 1 rings (SSSR count). The lowest BCUT2D eigenvalue weighted by Gasteiger charge is -2.36. The molecule has 3 nitrogen and oxygen atoms in total. The number of nitrogens with one attached hydrogen (secondary N) is 1. The van der Waals surface area contributed by atoms with Crippen LogP contribution in [0.2, 0.25) is 5.02 Å². The van der Waals surface area contributed by atoms with Crippen molar-refractivity contribution in [3.05, 3.63) is 29.0 Å². The van der Waals surface area contributed by atoms with Gasteiger partial charge < -0.3 is 11.1 Å². The summed E-state index contributed by atoms with van der Waals surface area (Å²) in [4.78, 5) is 12.1. The summed E-state index contributed by atoms with van der Waals surface area (Å²) in [7, 11) is 0. The molecule has 3 N–H and O–H groups in total. The number of rotatable bonds is 3. The third-order valence-electron chi connectivity index (χ3n) is 3.36. The van der Waals surface area contributed by atoms with Gasteiger partial charge in [-0.15, -0.1) is 0 Å². The summed E-state index contributed by atoms with van der Waals surface area (Å²) in [5, 5.41) is 2.66. The van der Waals surface area contributed by atoms with Gasteiger partial charge in [-0.1, -0.05) is 11.6 Å². The third kappa shape index (κ3) is 3.00. The van der Waals surface area contributed by atoms with E-state index in [1.807, 2.05) is 0 Å².